The number of pyridine rings is 1. The number of nitrogens with one attached hydrogen (secondary N) is 2. The number of nitrogens with zero attached hydrogens (tertiary/aromatic N) is 4. The van der Waals surface area contributed by atoms with E-state index >= 15 is 0 Å². The zero-order valence-electron chi connectivity index (χ0n) is 30.8. The lowest BCUT2D eigenvalue weighted by atomic mass is 10.0. The lowest BCUT2D eigenvalue weighted by Crippen LogP contribution is -2.44. The van der Waals surface area contributed by atoms with Gasteiger partial charge in [0.15, 0.2) is 0 Å². The van der Waals surface area contributed by atoms with Crippen LogP contribution in [-0.4, -0.2) is 68.8 Å². The molecule has 13 heteroatoms. The van der Waals surface area contributed by atoms with Crippen molar-refractivity contribution in [3.63, 3.8) is 0 Å². The molecule has 0 radical (unpaired) electrons. The van der Waals surface area contributed by atoms with Gasteiger partial charge in [0.05, 0.1) is 17.6 Å². The fourth-order valence-electron chi connectivity index (χ4n) is 5.33. The van der Waals surface area contributed by atoms with Gasteiger partial charge < -0.3 is 29.6 Å². The van der Waals surface area contributed by atoms with E-state index in [1.165, 1.54) is 32.4 Å². The molecule has 0 saturated heterocycles. The number of ether oxygens (including phenoxy) is 2. The maximum atomic E-state index is 13.8. The van der Waals surface area contributed by atoms with Crippen molar-refractivity contribution in [3.05, 3.63) is 106 Å². The van der Waals surface area contributed by atoms with Gasteiger partial charge in [-0.05, 0) is 81.4 Å². The van der Waals surface area contributed by atoms with E-state index in [-0.39, 0.29) is 43.4 Å². The monoisotopic (exact) mass is 712 g/mol. The van der Waals surface area contributed by atoms with Crippen LogP contribution in [0.2, 0.25) is 0 Å². The quantitative estimate of drug-likeness (QED) is 0.163. The van der Waals surface area contributed by atoms with Crippen LogP contribution in [0.4, 0.5) is 15.3 Å². The number of alkyl carbamates (subject to hydrolysis) is 1. The summed E-state index contributed by atoms with van der Waals surface area (Å²) < 4.78 is 13.8. The lowest BCUT2D eigenvalue weighted by Gasteiger charge is -2.20. The summed E-state index contributed by atoms with van der Waals surface area (Å²) in [5.41, 5.74) is 1.56. The molecule has 0 saturated carbocycles. The number of allylic oxidation sites excluding steroid dienone is 1. The molecule has 0 aliphatic rings. The highest BCUT2D eigenvalue weighted by molar-refractivity contribution is 5.96. The molecule has 0 fully saturated rings. The molecular formula is C39H48N6O7. The van der Waals surface area contributed by atoms with Crippen LogP contribution in [0.5, 0.6) is 0 Å². The van der Waals surface area contributed by atoms with E-state index in [1.54, 1.807) is 65.2 Å². The van der Waals surface area contributed by atoms with Gasteiger partial charge >= 0.3 is 12.2 Å². The number of hydrogen-bond acceptors (Lipinski definition) is 8. The Kier molecular flexibility index (Phi) is 13.1. The van der Waals surface area contributed by atoms with Gasteiger partial charge in [0.25, 0.3) is 5.56 Å². The molecular weight excluding hydrogens is 664 g/mol. The molecule has 2 aromatic heterocycles. The van der Waals surface area contributed by atoms with Crippen LogP contribution in [0.1, 0.15) is 64.4 Å². The van der Waals surface area contributed by atoms with Gasteiger partial charge in [0.2, 0.25) is 11.8 Å². The van der Waals surface area contributed by atoms with E-state index in [2.05, 4.69) is 24.5 Å². The van der Waals surface area contributed by atoms with Crippen molar-refractivity contribution in [2.75, 3.05) is 19.4 Å². The Morgan fingerprint density at radius 2 is 1.71 bits per heavy atom. The molecule has 2 aromatic carbocycles. The molecule has 1 atom stereocenters. The molecule has 4 rings (SSSR count). The normalized spacial score (nSPS) is 12.2. The van der Waals surface area contributed by atoms with Gasteiger partial charge in [-0.1, -0.05) is 62.4 Å². The second-order valence-corrected chi connectivity index (χ2v) is 14.0. The fourth-order valence-corrected chi connectivity index (χ4v) is 5.33. The number of carbonyl (C=O) groups is 4. The van der Waals surface area contributed by atoms with E-state index in [1.807, 2.05) is 30.3 Å². The van der Waals surface area contributed by atoms with E-state index < -0.39 is 35.3 Å². The summed E-state index contributed by atoms with van der Waals surface area (Å²) in [6, 6.07) is 16.7. The third-order valence-corrected chi connectivity index (χ3v) is 7.78. The van der Waals surface area contributed by atoms with Gasteiger partial charge in [-0.3, -0.25) is 14.4 Å². The number of likely N-dealkylation sites (N-methyl/N-ethyl adjacent to an activating group) is 1. The van der Waals surface area contributed by atoms with Gasteiger partial charge in [-0.15, -0.1) is 0 Å². The van der Waals surface area contributed by atoms with E-state index in [4.69, 9.17) is 14.5 Å². The third-order valence-electron chi connectivity index (χ3n) is 7.78. The van der Waals surface area contributed by atoms with Crippen molar-refractivity contribution < 1.29 is 28.7 Å². The predicted octanol–water partition coefficient (Wildman–Crippen LogP) is 5.89. The van der Waals surface area contributed by atoms with Gasteiger partial charge in [-0.2, -0.15) is 0 Å². The van der Waals surface area contributed by atoms with Crippen molar-refractivity contribution in [2.45, 2.75) is 78.7 Å². The van der Waals surface area contributed by atoms with E-state index in [0.29, 0.717) is 17.0 Å². The number of anilines is 1. The minimum absolute atomic E-state index is 0.00528. The van der Waals surface area contributed by atoms with Gasteiger partial charge in [0, 0.05) is 20.3 Å². The molecule has 52 heavy (non-hydrogen) atoms. The highest BCUT2D eigenvalue weighted by Gasteiger charge is 2.26. The molecule has 0 spiro atoms. The van der Waals surface area contributed by atoms with Gasteiger partial charge in [-0.25, -0.2) is 19.1 Å². The maximum absolute atomic E-state index is 13.8. The smallest absolute Gasteiger partial charge is 0.420 e. The summed E-state index contributed by atoms with van der Waals surface area (Å²) in [6.07, 6.45) is 4.21. The lowest BCUT2D eigenvalue weighted by molar-refractivity contribution is -0.123. The second kappa shape index (κ2) is 17.5. The zero-order chi connectivity index (χ0) is 38.0. The number of para-hydroxylation sites is 1. The molecule has 0 aliphatic carbocycles. The van der Waals surface area contributed by atoms with E-state index in [0.717, 1.165) is 17.5 Å². The number of rotatable bonds is 13. The number of imidazole rings is 1. The first-order valence-electron chi connectivity index (χ1n) is 17.2. The largest absolute Gasteiger partial charge is 0.445 e. The van der Waals surface area contributed by atoms with Crippen LogP contribution in [-0.2, 0) is 38.6 Å². The third kappa shape index (κ3) is 10.9. The fraction of sp³-hybridized carbons (Fsp3) is 0.385. The number of hydrogen-bond donors (Lipinski definition) is 2. The average molecular weight is 713 g/mol. The number of amides is 3. The van der Waals surface area contributed by atoms with Gasteiger partial charge in [0.1, 0.15) is 29.8 Å². The van der Waals surface area contributed by atoms with Crippen molar-refractivity contribution in [1.29, 1.82) is 0 Å². The number of benzene rings is 2. The Bertz CT molecular complexity index is 1970. The first-order chi connectivity index (χ1) is 24.6. The first-order valence-corrected chi connectivity index (χ1v) is 17.2. The standard InChI is InChI=1S/C39H48N6O7/c1-26(2)23-28-17-13-20-31-34(28)42-32(45(31)38(50)52-39(3,4)5)24-44-22-14-19-30(36(44)48)40-35(47)29(18-11-12-21-33(46)43(6)7)41-37(49)51-25-27-15-9-8-10-16-27/h8-10,12-17,19-22,26,29H,11,18,23-25H2,1-7H3,(H,40,47)(H,41,49)/b21-12+/t29-/m0/s1. The minimum atomic E-state index is -1.11. The van der Waals surface area contributed by atoms with Crippen LogP contribution in [0, 0.1) is 5.92 Å². The molecule has 4 aromatic rings. The first kappa shape index (κ1) is 39.1. The molecule has 3 amide bonds. The molecule has 0 bridgehead atoms. The summed E-state index contributed by atoms with van der Waals surface area (Å²) in [5, 5.41) is 5.24. The summed E-state index contributed by atoms with van der Waals surface area (Å²) in [4.78, 5) is 71.9. The maximum Gasteiger partial charge on any atom is 0.420 e. The molecule has 0 aliphatic heterocycles. The van der Waals surface area contributed by atoms with Crippen LogP contribution in [0.3, 0.4) is 0 Å². The molecule has 2 N–H and O–H groups in total. The summed E-state index contributed by atoms with van der Waals surface area (Å²) in [5.74, 6) is -0.259. The molecule has 2 heterocycles. The van der Waals surface area contributed by atoms with E-state index in [9.17, 15) is 24.0 Å². The van der Waals surface area contributed by atoms with Crippen molar-refractivity contribution >= 4 is 40.7 Å². The summed E-state index contributed by atoms with van der Waals surface area (Å²) >= 11 is 0. The predicted molar refractivity (Wildman–Crippen MR) is 199 cm³/mol. The Hall–Kier alpha value is -5.72. The SMILES string of the molecule is CC(C)Cc1cccc2c1nc(Cn1cccc(NC(=O)[C@H](CC/C=C/C(=O)N(C)C)NC(=O)OCc3ccccc3)c1=O)n2C(=O)OC(C)(C)C. The van der Waals surface area contributed by atoms with Crippen molar-refractivity contribution in [3.8, 4) is 0 Å². The number of aromatic nitrogens is 3. The molecule has 276 valence electrons. The average Bonchev–Trinajstić information content (AvgIpc) is 3.45. The molecule has 0 unspecified atom stereocenters. The van der Waals surface area contributed by atoms with Crippen LogP contribution < -0.4 is 16.2 Å². The highest BCUT2D eigenvalue weighted by atomic mass is 16.6. The minimum Gasteiger partial charge on any atom is -0.445 e. The van der Waals surface area contributed by atoms with Crippen molar-refractivity contribution in [2.24, 2.45) is 5.92 Å². The zero-order valence-corrected chi connectivity index (χ0v) is 30.8. The highest BCUT2D eigenvalue weighted by Crippen LogP contribution is 2.24. The molecule has 13 nitrogen and oxygen atoms in total. The topological polar surface area (TPSA) is 154 Å². The Morgan fingerprint density at radius 3 is 2.38 bits per heavy atom. The summed E-state index contributed by atoms with van der Waals surface area (Å²) in [6.45, 7) is 9.41. The Balaban J connectivity index is 1.60. The van der Waals surface area contributed by atoms with Crippen molar-refractivity contribution in [1.82, 2.24) is 24.3 Å². The second-order valence-electron chi connectivity index (χ2n) is 14.0. The number of fused-ring (bicyclic) bond motifs is 1. The number of carbonyl (C=O) groups excluding carboxylic acids is 4. The van der Waals surface area contributed by atoms with Crippen LogP contribution in [0.15, 0.2) is 83.8 Å². The summed E-state index contributed by atoms with van der Waals surface area (Å²) in [7, 11) is 3.24. The Labute approximate surface area is 303 Å². The Morgan fingerprint density at radius 1 is 0.981 bits per heavy atom. The van der Waals surface area contributed by atoms with Crippen LogP contribution >= 0.6 is 0 Å². The van der Waals surface area contributed by atoms with Crippen LogP contribution in [0.25, 0.3) is 11.0 Å².